The molecule has 0 radical (unpaired) electrons. The van der Waals surface area contributed by atoms with Gasteiger partial charge in [0.25, 0.3) is 0 Å². The molecule has 2 aromatic rings. The third-order valence-electron chi connectivity index (χ3n) is 4.72. The minimum absolute atomic E-state index is 0.0266. The zero-order chi connectivity index (χ0) is 15.6. The molecule has 2 aromatic heterocycles. The largest absolute Gasteiger partial charge is 0.322 e. The van der Waals surface area contributed by atoms with Crippen LogP contribution in [-0.2, 0) is 13.0 Å². The van der Waals surface area contributed by atoms with Crippen LogP contribution in [0.2, 0.25) is 0 Å². The van der Waals surface area contributed by atoms with Crippen molar-refractivity contribution < 1.29 is 4.79 Å². The van der Waals surface area contributed by atoms with E-state index in [1.54, 1.807) is 11.3 Å². The van der Waals surface area contributed by atoms with Gasteiger partial charge < -0.3 is 14.8 Å². The summed E-state index contributed by atoms with van der Waals surface area (Å²) in [6, 6.07) is 1.95. The number of hydrogen-bond donors (Lipinski definition) is 1. The molecule has 0 saturated carbocycles. The van der Waals surface area contributed by atoms with Gasteiger partial charge in [0, 0.05) is 24.9 Å². The van der Waals surface area contributed by atoms with Gasteiger partial charge in [0.1, 0.15) is 5.82 Å². The predicted molar refractivity (Wildman–Crippen MR) is 89.6 cm³/mol. The van der Waals surface area contributed by atoms with E-state index in [0.717, 1.165) is 56.1 Å². The fourth-order valence-electron chi connectivity index (χ4n) is 3.55. The lowest BCUT2D eigenvalue weighted by Crippen LogP contribution is -2.42. The van der Waals surface area contributed by atoms with E-state index in [2.05, 4.69) is 20.1 Å². The van der Waals surface area contributed by atoms with Crippen molar-refractivity contribution in [1.29, 1.82) is 0 Å². The van der Waals surface area contributed by atoms with Crippen LogP contribution in [0.15, 0.2) is 16.8 Å². The quantitative estimate of drug-likeness (QED) is 0.917. The van der Waals surface area contributed by atoms with Crippen molar-refractivity contribution in [3.8, 4) is 0 Å². The average molecular weight is 331 g/mol. The molecule has 1 fully saturated rings. The lowest BCUT2D eigenvalue weighted by Gasteiger charge is -2.35. The van der Waals surface area contributed by atoms with Crippen LogP contribution in [0, 0.1) is 0 Å². The van der Waals surface area contributed by atoms with Crippen molar-refractivity contribution in [2.45, 2.75) is 51.1 Å². The Morgan fingerprint density at radius 2 is 2.13 bits per heavy atom. The van der Waals surface area contributed by atoms with Crippen LogP contribution in [0.4, 0.5) is 10.5 Å². The first-order chi connectivity index (χ1) is 11.3. The van der Waals surface area contributed by atoms with Crippen molar-refractivity contribution in [3.63, 3.8) is 0 Å². The SMILES string of the molecule is O=C(Nc1ccsc1)N1CCCC[C@H]1c1nnc2n1CCCC2. The number of carbonyl (C=O) groups excluding carboxylic acids is 1. The summed E-state index contributed by atoms with van der Waals surface area (Å²) in [5, 5.41) is 15.7. The van der Waals surface area contributed by atoms with Gasteiger partial charge in [0.05, 0.1) is 11.7 Å². The first-order valence-electron chi connectivity index (χ1n) is 8.35. The van der Waals surface area contributed by atoms with Crippen LogP contribution in [0.5, 0.6) is 0 Å². The number of anilines is 1. The molecule has 4 heterocycles. The van der Waals surface area contributed by atoms with Gasteiger partial charge in [-0.05, 0) is 43.6 Å². The van der Waals surface area contributed by atoms with E-state index in [0.29, 0.717) is 0 Å². The number of aryl methyl sites for hydroxylation is 1. The molecule has 23 heavy (non-hydrogen) atoms. The molecule has 4 rings (SSSR count). The summed E-state index contributed by atoms with van der Waals surface area (Å²) in [6.07, 6.45) is 6.51. The molecule has 0 bridgehead atoms. The second-order valence-corrected chi connectivity index (χ2v) is 7.01. The van der Waals surface area contributed by atoms with Gasteiger partial charge in [0.15, 0.2) is 5.82 Å². The Morgan fingerprint density at radius 3 is 3.00 bits per heavy atom. The highest BCUT2D eigenvalue weighted by atomic mass is 32.1. The highest BCUT2D eigenvalue weighted by Gasteiger charge is 2.33. The van der Waals surface area contributed by atoms with Crippen LogP contribution >= 0.6 is 11.3 Å². The number of amides is 2. The number of piperidine rings is 1. The Hall–Kier alpha value is -1.89. The summed E-state index contributed by atoms with van der Waals surface area (Å²) in [4.78, 5) is 14.6. The smallest absolute Gasteiger partial charge is 0.314 e. The molecular weight excluding hydrogens is 310 g/mol. The normalized spacial score (nSPS) is 21.0. The molecule has 0 aliphatic carbocycles. The summed E-state index contributed by atoms with van der Waals surface area (Å²) in [5.41, 5.74) is 0.868. The summed E-state index contributed by atoms with van der Waals surface area (Å²) >= 11 is 1.59. The van der Waals surface area contributed by atoms with E-state index in [1.807, 2.05) is 21.7 Å². The van der Waals surface area contributed by atoms with Crippen LogP contribution in [-0.4, -0.2) is 32.2 Å². The molecule has 2 aliphatic rings. The zero-order valence-corrected chi connectivity index (χ0v) is 13.9. The number of nitrogens with one attached hydrogen (secondary N) is 1. The maximum Gasteiger partial charge on any atom is 0.322 e. The molecule has 0 aromatic carbocycles. The molecule has 2 amide bonds. The molecule has 6 nitrogen and oxygen atoms in total. The predicted octanol–water partition coefficient (Wildman–Crippen LogP) is 3.44. The third-order valence-corrected chi connectivity index (χ3v) is 5.41. The Morgan fingerprint density at radius 1 is 1.22 bits per heavy atom. The number of likely N-dealkylation sites (tertiary alicyclic amines) is 1. The maximum atomic E-state index is 12.7. The summed E-state index contributed by atoms with van der Waals surface area (Å²) < 4.78 is 2.24. The van der Waals surface area contributed by atoms with Crippen molar-refractivity contribution >= 4 is 23.1 Å². The molecule has 2 aliphatic heterocycles. The first kappa shape index (κ1) is 14.7. The number of carbonyl (C=O) groups is 1. The van der Waals surface area contributed by atoms with Crippen LogP contribution < -0.4 is 5.32 Å². The molecule has 1 N–H and O–H groups in total. The molecule has 1 atom stereocenters. The Balaban J connectivity index is 1.58. The lowest BCUT2D eigenvalue weighted by molar-refractivity contribution is 0.156. The maximum absolute atomic E-state index is 12.7. The van der Waals surface area contributed by atoms with Crippen LogP contribution in [0.3, 0.4) is 0 Å². The number of fused-ring (bicyclic) bond motifs is 1. The molecule has 7 heteroatoms. The highest BCUT2D eigenvalue weighted by molar-refractivity contribution is 7.08. The standard InChI is InChI=1S/C16H21N5OS/c22-16(17-12-7-10-23-11-12)20-8-3-1-5-13(20)15-19-18-14-6-2-4-9-21(14)15/h7,10-11,13H,1-6,8-9H2,(H,17,22)/t13-/m0/s1. The number of urea groups is 1. The van der Waals surface area contributed by atoms with E-state index >= 15 is 0 Å². The van der Waals surface area contributed by atoms with Gasteiger partial charge >= 0.3 is 6.03 Å². The highest BCUT2D eigenvalue weighted by Crippen LogP contribution is 2.32. The van der Waals surface area contributed by atoms with Gasteiger partial charge in [0.2, 0.25) is 0 Å². The first-order valence-corrected chi connectivity index (χ1v) is 9.29. The fraction of sp³-hybridized carbons (Fsp3) is 0.562. The Kier molecular flexibility index (Phi) is 4.03. The van der Waals surface area contributed by atoms with Gasteiger partial charge in [-0.25, -0.2) is 4.79 Å². The van der Waals surface area contributed by atoms with E-state index in [4.69, 9.17) is 0 Å². The second kappa shape index (κ2) is 6.31. The number of aromatic nitrogens is 3. The lowest BCUT2D eigenvalue weighted by atomic mass is 10.0. The van der Waals surface area contributed by atoms with E-state index in [1.165, 1.54) is 12.8 Å². The van der Waals surface area contributed by atoms with Crippen LogP contribution in [0.1, 0.15) is 49.8 Å². The number of hydrogen-bond acceptors (Lipinski definition) is 4. The van der Waals surface area contributed by atoms with Crippen molar-refractivity contribution in [2.24, 2.45) is 0 Å². The minimum Gasteiger partial charge on any atom is -0.314 e. The van der Waals surface area contributed by atoms with E-state index < -0.39 is 0 Å². The second-order valence-electron chi connectivity index (χ2n) is 6.23. The van der Waals surface area contributed by atoms with Crippen molar-refractivity contribution in [3.05, 3.63) is 28.5 Å². The topological polar surface area (TPSA) is 63.1 Å². The molecule has 0 spiro atoms. The Labute approximate surface area is 139 Å². The van der Waals surface area contributed by atoms with Crippen molar-refractivity contribution in [1.82, 2.24) is 19.7 Å². The molecule has 1 saturated heterocycles. The summed E-state index contributed by atoms with van der Waals surface area (Å²) in [5.74, 6) is 2.05. The van der Waals surface area contributed by atoms with Crippen LogP contribution in [0.25, 0.3) is 0 Å². The van der Waals surface area contributed by atoms with Gasteiger partial charge in [-0.3, -0.25) is 0 Å². The van der Waals surface area contributed by atoms with E-state index in [9.17, 15) is 4.79 Å². The number of nitrogens with zero attached hydrogens (tertiary/aromatic N) is 4. The van der Waals surface area contributed by atoms with Gasteiger partial charge in [-0.1, -0.05) is 0 Å². The zero-order valence-electron chi connectivity index (χ0n) is 13.1. The molecule has 0 unspecified atom stereocenters. The summed E-state index contributed by atoms with van der Waals surface area (Å²) in [7, 11) is 0. The Bertz CT molecular complexity index is 681. The van der Waals surface area contributed by atoms with Gasteiger partial charge in [-0.15, -0.1) is 10.2 Å². The minimum atomic E-state index is -0.0266. The summed E-state index contributed by atoms with van der Waals surface area (Å²) in [6.45, 7) is 1.76. The fourth-order valence-corrected chi connectivity index (χ4v) is 4.14. The number of thiophene rings is 1. The van der Waals surface area contributed by atoms with Crippen molar-refractivity contribution in [2.75, 3.05) is 11.9 Å². The average Bonchev–Trinajstić information content (AvgIpc) is 3.24. The number of rotatable bonds is 2. The third kappa shape index (κ3) is 2.85. The molecular formula is C16H21N5OS. The molecule has 122 valence electrons. The van der Waals surface area contributed by atoms with E-state index in [-0.39, 0.29) is 12.1 Å². The monoisotopic (exact) mass is 331 g/mol. The van der Waals surface area contributed by atoms with Gasteiger partial charge in [-0.2, -0.15) is 11.3 Å².